The topological polar surface area (TPSA) is 146 Å². The van der Waals surface area contributed by atoms with Crippen molar-refractivity contribution in [1.29, 1.82) is 0 Å². The van der Waals surface area contributed by atoms with Crippen molar-refractivity contribution in [2.24, 2.45) is 11.8 Å². The number of piperidine rings is 1. The summed E-state index contributed by atoms with van der Waals surface area (Å²) in [6, 6.07) is 13.8. The average Bonchev–Trinajstić information content (AvgIpc) is 3.46. The van der Waals surface area contributed by atoms with Gasteiger partial charge in [-0.05, 0) is 61.7 Å². The molecule has 0 saturated carbocycles. The van der Waals surface area contributed by atoms with E-state index in [2.05, 4.69) is 21.5 Å². The number of nitrogens with one attached hydrogen (secondary N) is 1. The monoisotopic (exact) mass is 640 g/mol. The number of hydrogen-bond donors (Lipinski definition) is 2. The molecule has 2 saturated heterocycles. The number of anilines is 3. The van der Waals surface area contributed by atoms with E-state index in [0.717, 1.165) is 40.6 Å². The SMILES string of the molecule is CCN1CC(C(=O)Nc2ccc(-c3cc(C4CCN(C(=O)C(C)C)CC4)n4ncnc(N)c34)cc2)C(=O)N(c2cccc(F)c2)C1=O. The van der Waals surface area contributed by atoms with Crippen LogP contribution in [0, 0.1) is 17.7 Å². The van der Waals surface area contributed by atoms with Crippen LogP contribution in [0.1, 0.15) is 45.2 Å². The second kappa shape index (κ2) is 12.8. The number of carbonyl (C=O) groups excluding carboxylic acids is 4. The van der Waals surface area contributed by atoms with Gasteiger partial charge in [0.25, 0.3) is 0 Å². The summed E-state index contributed by atoms with van der Waals surface area (Å²) in [4.78, 5) is 60.7. The second-order valence-electron chi connectivity index (χ2n) is 12.2. The molecule has 4 aromatic rings. The first-order chi connectivity index (χ1) is 22.6. The maximum absolute atomic E-state index is 14.0. The molecule has 13 heteroatoms. The zero-order chi connectivity index (χ0) is 33.4. The van der Waals surface area contributed by atoms with E-state index in [0.29, 0.717) is 30.1 Å². The minimum Gasteiger partial charge on any atom is -0.382 e. The lowest BCUT2D eigenvalue weighted by atomic mass is 9.92. The van der Waals surface area contributed by atoms with Crippen molar-refractivity contribution >= 4 is 46.5 Å². The standard InChI is InChI=1S/C34H37FN8O4/c1-4-40-18-27(33(46)42(34(40)47)25-7-5-6-23(35)16-25)31(44)39-24-10-8-21(9-11-24)26-17-28(43-29(26)30(36)37-19-38-43)22-12-14-41(15-13-22)32(45)20(2)3/h5-11,16-17,19-20,22,27H,4,12-15,18H2,1-3H3,(H,39,44)(H2,36,37,38). The first kappa shape index (κ1) is 31.6. The highest BCUT2D eigenvalue weighted by Gasteiger charge is 2.43. The van der Waals surface area contributed by atoms with E-state index in [1.807, 2.05) is 35.4 Å². The number of rotatable bonds is 7. The molecule has 1 atom stereocenters. The van der Waals surface area contributed by atoms with Crippen LogP contribution in [0.25, 0.3) is 16.6 Å². The molecular weight excluding hydrogens is 603 g/mol. The first-order valence-electron chi connectivity index (χ1n) is 15.8. The van der Waals surface area contributed by atoms with Crippen molar-refractivity contribution in [1.82, 2.24) is 24.4 Å². The molecule has 2 aliphatic rings. The Hall–Kier alpha value is -5.33. The Morgan fingerprint density at radius 1 is 1.06 bits per heavy atom. The van der Waals surface area contributed by atoms with Crippen LogP contribution in [0.15, 0.2) is 60.9 Å². The maximum atomic E-state index is 14.0. The summed E-state index contributed by atoms with van der Waals surface area (Å²) in [6.45, 7) is 7.10. The van der Waals surface area contributed by atoms with Gasteiger partial charge in [0.15, 0.2) is 5.82 Å². The third-order valence-corrected chi connectivity index (χ3v) is 8.94. The number of aromatic nitrogens is 3. The predicted molar refractivity (Wildman–Crippen MR) is 175 cm³/mol. The Morgan fingerprint density at radius 2 is 1.79 bits per heavy atom. The van der Waals surface area contributed by atoms with Gasteiger partial charge in [0.1, 0.15) is 23.6 Å². The third kappa shape index (κ3) is 6.00. The highest BCUT2D eigenvalue weighted by molar-refractivity contribution is 6.23. The van der Waals surface area contributed by atoms with Gasteiger partial charge in [-0.2, -0.15) is 5.10 Å². The zero-order valence-corrected chi connectivity index (χ0v) is 26.5. The second-order valence-corrected chi connectivity index (χ2v) is 12.2. The molecule has 5 amide bonds. The van der Waals surface area contributed by atoms with Crippen LogP contribution < -0.4 is 16.0 Å². The van der Waals surface area contributed by atoms with Gasteiger partial charge in [0, 0.05) is 55.0 Å². The number of nitrogen functional groups attached to an aromatic ring is 1. The van der Waals surface area contributed by atoms with E-state index >= 15 is 0 Å². The number of fused-ring (bicyclic) bond motifs is 1. The Balaban J connectivity index is 1.22. The van der Waals surface area contributed by atoms with Gasteiger partial charge in [-0.1, -0.05) is 32.0 Å². The lowest BCUT2D eigenvalue weighted by Crippen LogP contribution is -2.59. The number of carbonyl (C=O) groups is 4. The summed E-state index contributed by atoms with van der Waals surface area (Å²) in [5.41, 5.74) is 10.2. The average molecular weight is 641 g/mol. The van der Waals surface area contributed by atoms with Crippen LogP contribution in [-0.4, -0.2) is 74.3 Å². The lowest BCUT2D eigenvalue weighted by Gasteiger charge is -2.37. The van der Waals surface area contributed by atoms with Crippen LogP contribution in [0.3, 0.4) is 0 Å². The van der Waals surface area contributed by atoms with Gasteiger partial charge in [0.2, 0.25) is 17.7 Å². The molecule has 2 aromatic carbocycles. The minimum atomic E-state index is -1.19. The van der Waals surface area contributed by atoms with Crippen molar-refractivity contribution < 1.29 is 23.6 Å². The molecule has 2 aliphatic heterocycles. The number of nitrogens with two attached hydrogens (primary N) is 1. The molecule has 3 N–H and O–H groups in total. The largest absolute Gasteiger partial charge is 0.382 e. The fourth-order valence-electron chi connectivity index (χ4n) is 6.41. The Kier molecular flexibility index (Phi) is 8.63. The van der Waals surface area contributed by atoms with Crippen LogP contribution in [0.4, 0.5) is 26.4 Å². The highest BCUT2D eigenvalue weighted by atomic mass is 19.1. The van der Waals surface area contributed by atoms with Crippen molar-refractivity contribution in [3.05, 3.63) is 72.4 Å². The molecule has 4 heterocycles. The lowest BCUT2D eigenvalue weighted by molar-refractivity contribution is -0.135. The van der Waals surface area contributed by atoms with E-state index in [-0.39, 0.29) is 36.5 Å². The van der Waals surface area contributed by atoms with Crippen LogP contribution in [-0.2, 0) is 14.4 Å². The van der Waals surface area contributed by atoms with E-state index in [4.69, 9.17) is 5.73 Å². The number of benzene rings is 2. The normalized spacial score (nSPS) is 17.6. The molecule has 0 aliphatic carbocycles. The fraction of sp³-hybridized carbons (Fsp3) is 0.353. The van der Waals surface area contributed by atoms with E-state index in [1.54, 1.807) is 19.1 Å². The summed E-state index contributed by atoms with van der Waals surface area (Å²) in [5.74, 6) is -2.45. The number of nitrogens with zero attached hydrogens (tertiary/aromatic N) is 6. The molecule has 12 nitrogen and oxygen atoms in total. The molecule has 0 radical (unpaired) electrons. The van der Waals surface area contributed by atoms with Gasteiger partial charge in [0.05, 0.1) is 5.69 Å². The van der Waals surface area contributed by atoms with Crippen molar-refractivity contribution in [2.75, 3.05) is 42.1 Å². The number of amides is 5. The van der Waals surface area contributed by atoms with Crippen LogP contribution >= 0.6 is 0 Å². The number of imide groups is 1. The van der Waals surface area contributed by atoms with Crippen LogP contribution in [0.2, 0.25) is 0 Å². The molecule has 6 rings (SSSR count). The molecule has 1 unspecified atom stereocenters. The fourth-order valence-corrected chi connectivity index (χ4v) is 6.41. The molecule has 0 spiro atoms. The first-order valence-corrected chi connectivity index (χ1v) is 15.8. The zero-order valence-electron chi connectivity index (χ0n) is 26.5. The smallest absolute Gasteiger partial charge is 0.331 e. The highest BCUT2D eigenvalue weighted by Crippen LogP contribution is 2.37. The Labute approximate surface area is 271 Å². The van der Waals surface area contributed by atoms with Gasteiger partial charge in [-0.15, -0.1) is 0 Å². The van der Waals surface area contributed by atoms with Crippen molar-refractivity contribution in [2.45, 2.75) is 39.5 Å². The molecule has 0 bridgehead atoms. The molecule has 2 fully saturated rings. The number of hydrogen-bond acceptors (Lipinski definition) is 7. The predicted octanol–water partition coefficient (Wildman–Crippen LogP) is 4.52. The summed E-state index contributed by atoms with van der Waals surface area (Å²) >= 11 is 0. The van der Waals surface area contributed by atoms with E-state index in [1.165, 1.54) is 29.4 Å². The van der Waals surface area contributed by atoms with E-state index < -0.39 is 29.6 Å². The van der Waals surface area contributed by atoms with Crippen molar-refractivity contribution in [3.63, 3.8) is 0 Å². The quantitative estimate of drug-likeness (QED) is 0.283. The molecule has 244 valence electrons. The van der Waals surface area contributed by atoms with Gasteiger partial charge in [-0.3, -0.25) is 14.4 Å². The molecule has 47 heavy (non-hydrogen) atoms. The minimum absolute atomic E-state index is 0.0408. The summed E-state index contributed by atoms with van der Waals surface area (Å²) in [7, 11) is 0. The van der Waals surface area contributed by atoms with E-state index in [9.17, 15) is 23.6 Å². The summed E-state index contributed by atoms with van der Waals surface area (Å²) in [6.07, 6.45) is 3.04. The van der Waals surface area contributed by atoms with Gasteiger partial charge >= 0.3 is 6.03 Å². The Bertz CT molecular complexity index is 1850. The summed E-state index contributed by atoms with van der Waals surface area (Å²) < 4.78 is 15.8. The third-order valence-electron chi connectivity index (χ3n) is 8.94. The van der Waals surface area contributed by atoms with Crippen LogP contribution in [0.5, 0.6) is 0 Å². The maximum Gasteiger partial charge on any atom is 0.331 e. The number of halogens is 1. The Morgan fingerprint density at radius 3 is 2.45 bits per heavy atom. The molecule has 2 aromatic heterocycles. The molecular formula is C34H37FN8O4. The van der Waals surface area contributed by atoms with Gasteiger partial charge < -0.3 is 20.9 Å². The summed E-state index contributed by atoms with van der Waals surface area (Å²) in [5, 5.41) is 7.32. The number of likely N-dealkylation sites (tertiary alicyclic amines) is 1. The van der Waals surface area contributed by atoms with Crippen molar-refractivity contribution in [3.8, 4) is 11.1 Å². The number of urea groups is 1. The van der Waals surface area contributed by atoms with Gasteiger partial charge in [-0.25, -0.2) is 23.6 Å².